The van der Waals surface area contributed by atoms with Crippen LogP contribution in [0.4, 0.5) is 5.95 Å². The SMILES string of the molecule is CC(C)c1cnn2c(NCc3cccc4cc[n+]([O-])cc34)nc(OC3CCCNC3)nc12. The van der Waals surface area contributed by atoms with Gasteiger partial charge in [-0.25, -0.2) is 0 Å². The summed E-state index contributed by atoms with van der Waals surface area (Å²) in [5, 5.41) is 25.0. The van der Waals surface area contributed by atoms with Gasteiger partial charge in [0.25, 0.3) is 0 Å². The second-order valence-electron chi connectivity index (χ2n) is 8.48. The first-order valence-electron chi connectivity index (χ1n) is 11.1. The number of benzene rings is 1. The Morgan fingerprint density at radius 2 is 2.22 bits per heavy atom. The zero-order valence-electron chi connectivity index (χ0n) is 18.3. The Kier molecular flexibility index (Phi) is 5.48. The van der Waals surface area contributed by atoms with Crippen molar-refractivity contribution in [3.05, 3.63) is 59.2 Å². The average Bonchev–Trinajstić information content (AvgIpc) is 3.22. The Morgan fingerprint density at radius 1 is 1.31 bits per heavy atom. The van der Waals surface area contributed by atoms with Crippen molar-refractivity contribution in [3.63, 3.8) is 0 Å². The van der Waals surface area contributed by atoms with E-state index in [2.05, 4.69) is 39.5 Å². The Morgan fingerprint density at radius 3 is 3.03 bits per heavy atom. The van der Waals surface area contributed by atoms with Gasteiger partial charge in [0.05, 0.1) is 11.6 Å². The molecule has 1 aromatic carbocycles. The standard InChI is InChI=1S/C23H27N7O2/c1-15(2)19-13-26-30-21(19)27-23(32-18-7-4-9-24-12-18)28-22(30)25-11-17-6-3-5-16-8-10-29(31)14-20(16)17/h3,5-6,8,10,13-15,18,24H,4,7,9,11-12H2,1-2H3,(H,25,27,28). The second kappa shape index (κ2) is 8.58. The fourth-order valence-electron chi connectivity index (χ4n) is 4.11. The minimum Gasteiger partial charge on any atom is -0.619 e. The maximum absolute atomic E-state index is 11.8. The molecular formula is C23H27N7O2. The van der Waals surface area contributed by atoms with Crippen LogP contribution < -0.4 is 20.1 Å². The van der Waals surface area contributed by atoms with Gasteiger partial charge >= 0.3 is 6.01 Å². The van der Waals surface area contributed by atoms with Crippen LogP contribution in [0.25, 0.3) is 16.4 Å². The van der Waals surface area contributed by atoms with E-state index < -0.39 is 0 Å². The topological polar surface area (TPSA) is 103 Å². The van der Waals surface area contributed by atoms with E-state index >= 15 is 0 Å². The number of anilines is 1. The summed E-state index contributed by atoms with van der Waals surface area (Å²) in [6.07, 6.45) is 7.04. The molecule has 0 saturated carbocycles. The first-order chi connectivity index (χ1) is 15.6. The highest BCUT2D eigenvalue weighted by molar-refractivity contribution is 5.84. The summed E-state index contributed by atoms with van der Waals surface area (Å²) in [5.74, 6) is 0.827. The first kappa shape index (κ1) is 20.4. The summed E-state index contributed by atoms with van der Waals surface area (Å²) in [5.41, 5.74) is 2.78. The Bertz CT molecular complexity index is 1250. The molecular weight excluding hydrogens is 406 g/mol. The summed E-state index contributed by atoms with van der Waals surface area (Å²) in [6, 6.07) is 8.16. The molecule has 0 radical (unpaired) electrons. The van der Waals surface area contributed by atoms with Crippen molar-refractivity contribution in [2.45, 2.75) is 45.3 Å². The van der Waals surface area contributed by atoms with Crippen molar-refractivity contribution < 1.29 is 9.47 Å². The third kappa shape index (κ3) is 4.03. The molecule has 166 valence electrons. The molecule has 9 nitrogen and oxygen atoms in total. The first-order valence-corrected chi connectivity index (χ1v) is 11.1. The highest BCUT2D eigenvalue weighted by atomic mass is 16.5. The van der Waals surface area contributed by atoms with Gasteiger partial charge in [-0.2, -0.15) is 24.3 Å². The second-order valence-corrected chi connectivity index (χ2v) is 8.48. The van der Waals surface area contributed by atoms with Crippen LogP contribution in [0.15, 0.2) is 42.9 Å². The fourth-order valence-corrected chi connectivity index (χ4v) is 4.11. The Hall–Kier alpha value is -3.46. The molecule has 1 atom stereocenters. The number of rotatable bonds is 6. The number of fused-ring (bicyclic) bond motifs is 2. The molecule has 1 saturated heterocycles. The predicted molar refractivity (Wildman–Crippen MR) is 122 cm³/mol. The van der Waals surface area contributed by atoms with Crippen molar-refractivity contribution in [1.82, 2.24) is 24.9 Å². The van der Waals surface area contributed by atoms with Gasteiger partial charge in [-0.1, -0.05) is 32.0 Å². The van der Waals surface area contributed by atoms with Crippen molar-refractivity contribution in [3.8, 4) is 6.01 Å². The molecule has 0 aliphatic carbocycles. The monoisotopic (exact) mass is 433 g/mol. The van der Waals surface area contributed by atoms with Gasteiger partial charge in [0.1, 0.15) is 6.10 Å². The minimum atomic E-state index is 0.0510. The van der Waals surface area contributed by atoms with E-state index in [1.807, 2.05) is 30.5 Å². The zero-order valence-corrected chi connectivity index (χ0v) is 18.3. The highest BCUT2D eigenvalue weighted by Gasteiger charge is 2.20. The number of nitrogens with zero attached hydrogens (tertiary/aromatic N) is 5. The van der Waals surface area contributed by atoms with Crippen LogP contribution in [0.1, 0.15) is 43.7 Å². The van der Waals surface area contributed by atoms with Gasteiger partial charge in [0.2, 0.25) is 5.95 Å². The lowest BCUT2D eigenvalue weighted by Gasteiger charge is -2.23. The lowest BCUT2D eigenvalue weighted by Crippen LogP contribution is -2.37. The van der Waals surface area contributed by atoms with E-state index in [1.165, 1.54) is 6.20 Å². The van der Waals surface area contributed by atoms with Crippen LogP contribution in [0.3, 0.4) is 0 Å². The average molecular weight is 434 g/mol. The maximum Gasteiger partial charge on any atom is 0.322 e. The van der Waals surface area contributed by atoms with Crippen LogP contribution in [0.2, 0.25) is 0 Å². The number of nitrogens with one attached hydrogen (secondary N) is 2. The van der Waals surface area contributed by atoms with E-state index in [0.29, 0.717) is 18.5 Å². The van der Waals surface area contributed by atoms with Crippen LogP contribution in [-0.2, 0) is 6.54 Å². The molecule has 0 amide bonds. The Balaban J connectivity index is 1.49. The van der Waals surface area contributed by atoms with Gasteiger partial charge in [-0.3, -0.25) is 0 Å². The van der Waals surface area contributed by atoms with Crippen LogP contribution in [0, 0.1) is 5.21 Å². The predicted octanol–water partition coefficient (Wildman–Crippen LogP) is 2.78. The molecule has 1 unspecified atom stereocenters. The summed E-state index contributed by atoms with van der Waals surface area (Å²) in [4.78, 5) is 9.32. The van der Waals surface area contributed by atoms with Gasteiger partial charge in [-0.15, -0.1) is 0 Å². The van der Waals surface area contributed by atoms with Crippen molar-refractivity contribution in [2.24, 2.45) is 0 Å². The zero-order chi connectivity index (χ0) is 22.1. The lowest BCUT2D eigenvalue weighted by atomic mass is 10.1. The molecule has 0 bridgehead atoms. The summed E-state index contributed by atoms with van der Waals surface area (Å²) in [6.45, 7) is 6.52. The number of hydrogen-bond acceptors (Lipinski definition) is 7. The summed E-state index contributed by atoms with van der Waals surface area (Å²) >= 11 is 0. The molecule has 9 heteroatoms. The third-order valence-corrected chi connectivity index (χ3v) is 5.85. The van der Waals surface area contributed by atoms with E-state index in [1.54, 1.807) is 10.7 Å². The molecule has 3 aromatic heterocycles. The summed E-state index contributed by atoms with van der Waals surface area (Å²) in [7, 11) is 0. The summed E-state index contributed by atoms with van der Waals surface area (Å²) < 4.78 is 8.68. The lowest BCUT2D eigenvalue weighted by molar-refractivity contribution is -0.603. The quantitative estimate of drug-likeness (QED) is 0.356. The molecule has 1 aliphatic rings. The molecule has 32 heavy (non-hydrogen) atoms. The number of hydrogen-bond donors (Lipinski definition) is 2. The number of piperidine rings is 1. The molecule has 1 fully saturated rings. The minimum absolute atomic E-state index is 0.0510. The number of pyridine rings is 1. The molecule has 0 spiro atoms. The van der Waals surface area contributed by atoms with Crippen molar-refractivity contribution >= 4 is 22.4 Å². The number of aromatic nitrogens is 5. The number of ether oxygens (including phenoxy) is 1. The molecule has 2 N–H and O–H groups in total. The van der Waals surface area contributed by atoms with E-state index in [4.69, 9.17) is 4.74 Å². The molecule has 1 aliphatic heterocycles. The largest absolute Gasteiger partial charge is 0.619 e. The fraction of sp³-hybridized carbons (Fsp3) is 0.391. The van der Waals surface area contributed by atoms with Gasteiger partial charge in [0.15, 0.2) is 18.0 Å². The van der Waals surface area contributed by atoms with Crippen molar-refractivity contribution in [2.75, 3.05) is 18.4 Å². The van der Waals surface area contributed by atoms with Crippen molar-refractivity contribution in [1.29, 1.82) is 0 Å². The normalized spacial score (nSPS) is 16.7. The van der Waals surface area contributed by atoms with Crippen LogP contribution >= 0.6 is 0 Å². The Labute approximate surface area is 186 Å². The highest BCUT2D eigenvalue weighted by Crippen LogP contribution is 2.24. The van der Waals surface area contributed by atoms with Gasteiger partial charge in [0, 0.05) is 24.7 Å². The molecule has 4 heterocycles. The van der Waals surface area contributed by atoms with E-state index in [-0.39, 0.29) is 12.0 Å². The smallest absolute Gasteiger partial charge is 0.322 e. The van der Waals surface area contributed by atoms with Crippen LogP contribution in [0.5, 0.6) is 6.01 Å². The molecule has 5 rings (SSSR count). The van der Waals surface area contributed by atoms with Gasteiger partial charge in [-0.05, 0) is 36.3 Å². The van der Waals surface area contributed by atoms with E-state index in [9.17, 15) is 5.21 Å². The van der Waals surface area contributed by atoms with E-state index in [0.717, 1.165) is 58.2 Å². The maximum atomic E-state index is 11.8. The molecule has 4 aromatic rings. The van der Waals surface area contributed by atoms with Gasteiger partial charge < -0.3 is 20.6 Å². The van der Waals surface area contributed by atoms with Crippen LogP contribution in [-0.4, -0.2) is 38.8 Å². The third-order valence-electron chi connectivity index (χ3n) is 5.85.